The van der Waals surface area contributed by atoms with Gasteiger partial charge in [0.1, 0.15) is 11.6 Å². The first-order valence-electron chi connectivity index (χ1n) is 9.44. The number of nitrogens with one attached hydrogen (secondary N) is 2. The maximum atomic E-state index is 12.6. The SMILES string of the molecule is Nc1ccc(C(=O)Nc2cc(-c3cccc(OC(F)(F)F)c3)nc(NC3CC3)n2)cc1. The van der Waals surface area contributed by atoms with Crippen molar-refractivity contribution in [1.82, 2.24) is 9.97 Å². The Bertz CT molecular complexity index is 1100. The predicted molar refractivity (Wildman–Crippen MR) is 110 cm³/mol. The molecule has 2 aromatic carbocycles. The lowest BCUT2D eigenvalue weighted by Crippen LogP contribution is -2.17. The van der Waals surface area contributed by atoms with Crippen molar-refractivity contribution < 1.29 is 22.7 Å². The van der Waals surface area contributed by atoms with E-state index in [1.807, 2.05) is 0 Å². The molecule has 0 bridgehead atoms. The van der Waals surface area contributed by atoms with Crippen molar-refractivity contribution in [2.45, 2.75) is 25.2 Å². The van der Waals surface area contributed by atoms with Crippen LogP contribution in [-0.4, -0.2) is 28.3 Å². The lowest BCUT2D eigenvalue weighted by atomic mass is 10.1. The van der Waals surface area contributed by atoms with Crippen LogP contribution in [0.5, 0.6) is 5.75 Å². The highest BCUT2D eigenvalue weighted by atomic mass is 19.4. The number of ether oxygens (including phenoxy) is 1. The number of nitrogen functional groups attached to an aromatic ring is 1. The Labute approximate surface area is 175 Å². The largest absolute Gasteiger partial charge is 0.573 e. The molecule has 1 heterocycles. The number of amides is 1. The first-order chi connectivity index (χ1) is 14.7. The summed E-state index contributed by atoms with van der Waals surface area (Å²) in [6, 6.07) is 13.5. The van der Waals surface area contributed by atoms with Gasteiger partial charge in [0, 0.05) is 28.9 Å². The van der Waals surface area contributed by atoms with Crippen LogP contribution in [0.4, 0.5) is 30.6 Å². The predicted octanol–water partition coefficient (Wildman–Crippen LogP) is 4.45. The normalized spacial score (nSPS) is 13.5. The number of carbonyl (C=O) groups excluding carboxylic acids is 1. The summed E-state index contributed by atoms with van der Waals surface area (Å²) < 4.78 is 41.7. The van der Waals surface area contributed by atoms with Crippen molar-refractivity contribution in [3.63, 3.8) is 0 Å². The van der Waals surface area contributed by atoms with Crippen molar-refractivity contribution >= 4 is 23.4 Å². The Morgan fingerprint density at radius 1 is 1.06 bits per heavy atom. The van der Waals surface area contributed by atoms with Crippen LogP contribution in [0, 0.1) is 0 Å². The summed E-state index contributed by atoms with van der Waals surface area (Å²) in [5.74, 6) is -0.296. The summed E-state index contributed by atoms with van der Waals surface area (Å²) in [7, 11) is 0. The van der Waals surface area contributed by atoms with E-state index in [0.29, 0.717) is 22.5 Å². The molecule has 1 aliphatic rings. The third-order valence-electron chi connectivity index (χ3n) is 4.41. The van der Waals surface area contributed by atoms with E-state index >= 15 is 0 Å². The van der Waals surface area contributed by atoms with Crippen LogP contribution in [0.15, 0.2) is 54.6 Å². The monoisotopic (exact) mass is 429 g/mol. The van der Waals surface area contributed by atoms with Crippen molar-refractivity contribution in [3.8, 4) is 17.0 Å². The molecule has 1 saturated carbocycles. The Morgan fingerprint density at radius 3 is 2.48 bits per heavy atom. The topological polar surface area (TPSA) is 102 Å². The second-order valence-corrected chi connectivity index (χ2v) is 7.03. The van der Waals surface area contributed by atoms with Gasteiger partial charge < -0.3 is 21.1 Å². The van der Waals surface area contributed by atoms with E-state index in [1.54, 1.807) is 30.3 Å². The van der Waals surface area contributed by atoms with E-state index in [4.69, 9.17) is 5.73 Å². The van der Waals surface area contributed by atoms with E-state index in [1.165, 1.54) is 24.3 Å². The van der Waals surface area contributed by atoms with Gasteiger partial charge in [-0.3, -0.25) is 4.79 Å². The minimum absolute atomic E-state index is 0.206. The first kappa shape index (κ1) is 20.5. The van der Waals surface area contributed by atoms with Crippen molar-refractivity contribution in [3.05, 3.63) is 60.2 Å². The van der Waals surface area contributed by atoms with Crippen molar-refractivity contribution in [2.24, 2.45) is 0 Å². The van der Waals surface area contributed by atoms with Crippen LogP contribution in [0.25, 0.3) is 11.3 Å². The molecule has 0 saturated heterocycles. The number of nitrogens with two attached hydrogens (primary N) is 1. The second-order valence-electron chi connectivity index (χ2n) is 7.03. The maximum Gasteiger partial charge on any atom is 0.573 e. The van der Waals surface area contributed by atoms with Crippen molar-refractivity contribution in [2.75, 3.05) is 16.4 Å². The molecule has 160 valence electrons. The molecule has 1 aliphatic carbocycles. The lowest BCUT2D eigenvalue weighted by molar-refractivity contribution is -0.274. The van der Waals surface area contributed by atoms with E-state index in [9.17, 15) is 18.0 Å². The summed E-state index contributed by atoms with van der Waals surface area (Å²) in [6.07, 6.45) is -2.87. The smallest absolute Gasteiger partial charge is 0.406 e. The summed E-state index contributed by atoms with van der Waals surface area (Å²) in [6.45, 7) is 0. The molecule has 0 atom stereocenters. The zero-order chi connectivity index (χ0) is 22.0. The van der Waals surface area contributed by atoms with Gasteiger partial charge in [-0.2, -0.15) is 4.98 Å². The fourth-order valence-corrected chi connectivity index (χ4v) is 2.81. The number of aromatic nitrogens is 2. The molecule has 1 amide bonds. The first-order valence-corrected chi connectivity index (χ1v) is 9.44. The molecule has 7 nitrogen and oxygen atoms in total. The molecule has 1 aromatic heterocycles. The zero-order valence-corrected chi connectivity index (χ0v) is 16.1. The summed E-state index contributed by atoms with van der Waals surface area (Å²) >= 11 is 0. The lowest BCUT2D eigenvalue weighted by Gasteiger charge is -2.12. The molecule has 0 unspecified atom stereocenters. The number of hydrogen-bond donors (Lipinski definition) is 3. The number of carbonyl (C=O) groups is 1. The van der Waals surface area contributed by atoms with E-state index in [2.05, 4.69) is 25.3 Å². The van der Waals surface area contributed by atoms with Crippen molar-refractivity contribution in [1.29, 1.82) is 0 Å². The highest BCUT2D eigenvalue weighted by Crippen LogP contribution is 2.30. The van der Waals surface area contributed by atoms with Gasteiger partial charge in [0.25, 0.3) is 5.91 Å². The van der Waals surface area contributed by atoms with Gasteiger partial charge in [-0.1, -0.05) is 12.1 Å². The fourth-order valence-electron chi connectivity index (χ4n) is 2.81. The number of hydrogen-bond acceptors (Lipinski definition) is 6. The number of halogens is 3. The van der Waals surface area contributed by atoms with E-state index in [-0.39, 0.29) is 23.6 Å². The van der Waals surface area contributed by atoms with Gasteiger partial charge in [0.05, 0.1) is 5.69 Å². The second kappa shape index (κ2) is 8.13. The van der Waals surface area contributed by atoms with Crippen LogP contribution in [0.1, 0.15) is 23.2 Å². The van der Waals surface area contributed by atoms with Crippen LogP contribution >= 0.6 is 0 Å². The standard InChI is InChI=1S/C21H18F3N5O2/c22-21(23,24)31-16-3-1-2-13(10-16)17-11-18(29-20(27-17)26-15-8-9-15)28-19(30)12-4-6-14(25)7-5-12/h1-7,10-11,15H,8-9,25H2,(H2,26,27,28,29,30). The molecule has 0 aliphatic heterocycles. The Kier molecular flexibility index (Phi) is 5.37. The molecule has 3 aromatic rings. The number of alkyl halides is 3. The molecule has 31 heavy (non-hydrogen) atoms. The quantitative estimate of drug-likeness (QED) is 0.501. The van der Waals surface area contributed by atoms with E-state index < -0.39 is 12.3 Å². The molecule has 1 fully saturated rings. The molecule has 0 radical (unpaired) electrons. The van der Waals surface area contributed by atoms with Crippen LogP contribution in [0.2, 0.25) is 0 Å². The third-order valence-corrected chi connectivity index (χ3v) is 4.41. The highest BCUT2D eigenvalue weighted by Gasteiger charge is 2.31. The van der Waals surface area contributed by atoms with Gasteiger partial charge in [-0.25, -0.2) is 4.98 Å². The summed E-state index contributed by atoms with van der Waals surface area (Å²) in [5, 5.41) is 5.83. The highest BCUT2D eigenvalue weighted by molar-refractivity contribution is 6.04. The van der Waals surface area contributed by atoms with Gasteiger partial charge in [-0.15, -0.1) is 13.2 Å². The Balaban J connectivity index is 1.64. The Hall–Kier alpha value is -3.82. The summed E-state index contributed by atoms with van der Waals surface area (Å²) in [5.41, 5.74) is 7.26. The number of anilines is 3. The van der Waals surface area contributed by atoms with Gasteiger partial charge in [0.15, 0.2) is 0 Å². The maximum absolute atomic E-state index is 12.6. The zero-order valence-electron chi connectivity index (χ0n) is 16.1. The molecule has 4 N–H and O–H groups in total. The number of nitrogens with zero attached hydrogens (tertiary/aromatic N) is 2. The fraction of sp³-hybridized carbons (Fsp3) is 0.190. The molecular formula is C21H18F3N5O2. The van der Waals surface area contributed by atoms with Crippen LogP contribution in [0.3, 0.4) is 0 Å². The Morgan fingerprint density at radius 2 is 1.81 bits per heavy atom. The van der Waals surface area contributed by atoms with Gasteiger partial charge in [0.2, 0.25) is 5.95 Å². The van der Waals surface area contributed by atoms with Gasteiger partial charge in [-0.05, 0) is 49.2 Å². The van der Waals surface area contributed by atoms with Gasteiger partial charge >= 0.3 is 6.36 Å². The molecule has 10 heteroatoms. The third kappa shape index (κ3) is 5.62. The number of benzene rings is 2. The minimum atomic E-state index is -4.80. The van der Waals surface area contributed by atoms with E-state index in [0.717, 1.165) is 12.8 Å². The number of rotatable bonds is 6. The molecule has 0 spiro atoms. The molecular weight excluding hydrogens is 411 g/mol. The van der Waals surface area contributed by atoms with Crippen LogP contribution in [-0.2, 0) is 0 Å². The van der Waals surface area contributed by atoms with Crippen LogP contribution < -0.4 is 21.1 Å². The average Bonchev–Trinajstić information content (AvgIpc) is 3.51. The average molecular weight is 429 g/mol. The molecule has 4 rings (SSSR count). The summed E-state index contributed by atoms with van der Waals surface area (Å²) in [4.78, 5) is 21.3. The minimum Gasteiger partial charge on any atom is -0.406 e.